The standard InChI is InChI=1S/C8H11N5S/c1-13-7-6(4-12-13)8(11-5-10-7)14-3-2-9/h4-5H,2-3,9H2,1H3. The monoisotopic (exact) mass is 209 g/mol. The molecular weight excluding hydrogens is 198 g/mol. The first-order valence-electron chi connectivity index (χ1n) is 4.28. The Labute approximate surface area is 85.7 Å². The van der Waals surface area contributed by atoms with Crippen molar-refractivity contribution in [2.45, 2.75) is 5.03 Å². The van der Waals surface area contributed by atoms with Gasteiger partial charge in [0.05, 0.1) is 11.6 Å². The van der Waals surface area contributed by atoms with E-state index in [4.69, 9.17) is 5.73 Å². The van der Waals surface area contributed by atoms with Gasteiger partial charge < -0.3 is 5.73 Å². The molecule has 14 heavy (non-hydrogen) atoms. The molecule has 2 N–H and O–H groups in total. The minimum absolute atomic E-state index is 0.649. The van der Waals surface area contributed by atoms with Crippen molar-refractivity contribution < 1.29 is 0 Å². The Morgan fingerprint density at radius 1 is 1.50 bits per heavy atom. The highest BCUT2D eigenvalue weighted by Gasteiger charge is 2.06. The van der Waals surface area contributed by atoms with Gasteiger partial charge in [0, 0.05) is 19.3 Å². The van der Waals surface area contributed by atoms with Gasteiger partial charge in [-0.2, -0.15) is 5.10 Å². The largest absolute Gasteiger partial charge is 0.330 e. The van der Waals surface area contributed by atoms with Crippen LogP contribution in [0.25, 0.3) is 11.0 Å². The topological polar surface area (TPSA) is 69.6 Å². The van der Waals surface area contributed by atoms with E-state index in [0.29, 0.717) is 6.54 Å². The molecule has 0 bridgehead atoms. The number of fused-ring (bicyclic) bond motifs is 1. The maximum atomic E-state index is 5.44. The van der Waals surface area contributed by atoms with Crippen LogP contribution in [0.2, 0.25) is 0 Å². The second kappa shape index (κ2) is 3.93. The number of aromatic nitrogens is 4. The first-order chi connectivity index (χ1) is 6.83. The van der Waals surface area contributed by atoms with Gasteiger partial charge in [0.15, 0.2) is 5.65 Å². The van der Waals surface area contributed by atoms with Crippen LogP contribution >= 0.6 is 11.8 Å². The molecule has 0 radical (unpaired) electrons. The lowest BCUT2D eigenvalue weighted by Gasteiger charge is -1.99. The molecule has 0 unspecified atom stereocenters. The molecule has 2 aromatic heterocycles. The third-order valence-corrected chi connectivity index (χ3v) is 2.89. The first kappa shape index (κ1) is 9.42. The van der Waals surface area contributed by atoms with Crippen LogP contribution in [0.5, 0.6) is 0 Å². The number of nitrogens with zero attached hydrogens (tertiary/aromatic N) is 4. The summed E-state index contributed by atoms with van der Waals surface area (Å²) in [6, 6.07) is 0. The minimum atomic E-state index is 0.649. The van der Waals surface area contributed by atoms with E-state index in [2.05, 4.69) is 15.1 Å². The van der Waals surface area contributed by atoms with Gasteiger partial charge >= 0.3 is 0 Å². The normalized spacial score (nSPS) is 11.0. The average Bonchev–Trinajstić information content (AvgIpc) is 2.58. The summed E-state index contributed by atoms with van der Waals surface area (Å²) >= 11 is 1.63. The summed E-state index contributed by atoms with van der Waals surface area (Å²) < 4.78 is 1.74. The van der Waals surface area contributed by atoms with Crippen LogP contribution < -0.4 is 5.73 Å². The molecule has 0 aliphatic carbocycles. The highest BCUT2D eigenvalue weighted by molar-refractivity contribution is 7.99. The van der Waals surface area contributed by atoms with Crippen LogP contribution in [-0.2, 0) is 7.05 Å². The fraction of sp³-hybridized carbons (Fsp3) is 0.375. The zero-order valence-corrected chi connectivity index (χ0v) is 8.66. The fourth-order valence-electron chi connectivity index (χ4n) is 1.21. The summed E-state index contributed by atoms with van der Waals surface area (Å²) in [6.07, 6.45) is 3.34. The number of hydrogen-bond donors (Lipinski definition) is 1. The van der Waals surface area contributed by atoms with Gasteiger partial charge in [-0.05, 0) is 0 Å². The van der Waals surface area contributed by atoms with Crippen molar-refractivity contribution in [2.75, 3.05) is 12.3 Å². The molecule has 6 heteroatoms. The summed E-state index contributed by atoms with van der Waals surface area (Å²) in [4.78, 5) is 8.35. The van der Waals surface area contributed by atoms with Gasteiger partial charge in [-0.15, -0.1) is 11.8 Å². The molecule has 0 aliphatic heterocycles. The molecule has 74 valence electrons. The highest BCUT2D eigenvalue weighted by Crippen LogP contribution is 2.22. The zero-order chi connectivity index (χ0) is 9.97. The van der Waals surface area contributed by atoms with E-state index in [-0.39, 0.29) is 0 Å². The van der Waals surface area contributed by atoms with E-state index in [1.807, 2.05) is 7.05 Å². The van der Waals surface area contributed by atoms with Gasteiger partial charge in [0.25, 0.3) is 0 Å². The SMILES string of the molecule is Cn1ncc2c(SCCN)ncnc21. The lowest BCUT2D eigenvalue weighted by molar-refractivity contribution is 0.784. The van der Waals surface area contributed by atoms with Gasteiger partial charge in [0.2, 0.25) is 0 Å². The Bertz CT molecular complexity index is 438. The molecule has 0 spiro atoms. The maximum absolute atomic E-state index is 5.44. The molecule has 0 aliphatic rings. The molecule has 0 atom stereocenters. The van der Waals surface area contributed by atoms with Crippen molar-refractivity contribution >= 4 is 22.8 Å². The molecule has 5 nitrogen and oxygen atoms in total. The lowest BCUT2D eigenvalue weighted by atomic mass is 10.4. The number of hydrogen-bond acceptors (Lipinski definition) is 5. The van der Waals surface area contributed by atoms with E-state index in [1.165, 1.54) is 0 Å². The lowest BCUT2D eigenvalue weighted by Crippen LogP contribution is -2.01. The molecular formula is C8H11N5S. The Morgan fingerprint density at radius 3 is 3.14 bits per heavy atom. The number of nitrogens with two attached hydrogens (primary N) is 1. The van der Waals surface area contributed by atoms with Crippen LogP contribution in [0.4, 0.5) is 0 Å². The smallest absolute Gasteiger partial charge is 0.162 e. The predicted molar refractivity (Wildman–Crippen MR) is 56.1 cm³/mol. The number of rotatable bonds is 3. The van der Waals surface area contributed by atoms with Crippen molar-refractivity contribution in [1.29, 1.82) is 0 Å². The third-order valence-electron chi connectivity index (χ3n) is 1.85. The van der Waals surface area contributed by atoms with Crippen LogP contribution in [0.15, 0.2) is 17.6 Å². The molecule has 2 aromatic rings. The van der Waals surface area contributed by atoms with Crippen LogP contribution in [-0.4, -0.2) is 32.0 Å². The quantitative estimate of drug-likeness (QED) is 0.586. The van der Waals surface area contributed by atoms with Crippen molar-refractivity contribution in [1.82, 2.24) is 19.7 Å². The highest BCUT2D eigenvalue weighted by atomic mass is 32.2. The number of aryl methyl sites for hydroxylation is 1. The fourth-order valence-corrected chi connectivity index (χ4v) is 1.94. The summed E-state index contributed by atoms with van der Waals surface area (Å²) in [7, 11) is 1.87. The summed E-state index contributed by atoms with van der Waals surface area (Å²) in [5.74, 6) is 0.862. The van der Waals surface area contributed by atoms with Crippen molar-refractivity contribution in [3.63, 3.8) is 0 Å². The first-order valence-corrected chi connectivity index (χ1v) is 5.27. The molecule has 0 aromatic carbocycles. The minimum Gasteiger partial charge on any atom is -0.330 e. The molecule has 0 saturated carbocycles. The van der Waals surface area contributed by atoms with Crippen molar-refractivity contribution in [3.8, 4) is 0 Å². The summed E-state index contributed by atoms with van der Waals surface area (Å²) in [5.41, 5.74) is 6.30. The Hall–Kier alpha value is -1.14. The average molecular weight is 209 g/mol. The van der Waals surface area contributed by atoms with Crippen molar-refractivity contribution in [2.24, 2.45) is 12.8 Å². The maximum Gasteiger partial charge on any atom is 0.162 e. The van der Waals surface area contributed by atoms with Gasteiger partial charge in [-0.3, -0.25) is 4.68 Å². The van der Waals surface area contributed by atoms with Gasteiger partial charge in [-0.1, -0.05) is 0 Å². The van der Waals surface area contributed by atoms with E-state index < -0.39 is 0 Å². The second-order valence-corrected chi connectivity index (χ2v) is 3.91. The van der Waals surface area contributed by atoms with Gasteiger partial charge in [0.1, 0.15) is 11.4 Å². The molecule has 0 amide bonds. The van der Waals surface area contributed by atoms with Crippen LogP contribution in [0, 0.1) is 0 Å². The molecule has 0 saturated heterocycles. The summed E-state index contributed by atoms with van der Waals surface area (Å²) in [5, 5.41) is 6.08. The molecule has 2 rings (SSSR count). The zero-order valence-electron chi connectivity index (χ0n) is 7.84. The Balaban J connectivity index is 2.44. The van der Waals surface area contributed by atoms with E-state index in [9.17, 15) is 0 Å². The van der Waals surface area contributed by atoms with Crippen LogP contribution in [0.1, 0.15) is 0 Å². The van der Waals surface area contributed by atoms with E-state index in [1.54, 1.807) is 29.0 Å². The van der Waals surface area contributed by atoms with Crippen molar-refractivity contribution in [3.05, 3.63) is 12.5 Å². The summed E-state index contributed by atoms with van der Waals surface area (Å²) in [6.45, 7) is 0.649. The third kappa shape index (κ3) is 1.58. The van der Waals surface area contributed by atoms with E-state index >= 15 is 0 Å². The number of thioether (sulfide) groups is 1. The second-order valence-electron chi connectivity index (χ2n) is 2.82. The molecule has 2 heterocycles. The van der Waals surface area contributed by atoms with Gasteiger partial charge in [-0.25, -0.2) is 9.97 Å². The van der Waals surface area contributed by atoms with E-state index in [0.717, 1.165) is 21.8 Å². The molecule has 0 fully saturated rings. The Kier molecular flexibility index (Phi) is 2.64. The van der Waals surface area contributed by atoms with Crippen LogP contribution in [0.3, 0.4) is 0 Å². The predicted octanol–water partition coefficient (Wildman–Crippen LogP) is 0.414. The Morgan fingerprint density at radius 2 is 2.36 bits per heavy atom.